The van der Waals surface area contributed by atoms with Crippen LogP contribution >= 0.6 is 0 Å². The zero-order chi connectivity index (χ0) is 9.30. The van der Waals surface area contributed by atoms with Crippen molar-refractivity contribution in [2.45, 2.75) is 40.5 Å². The van der Waals surface area contributed by atoms with Gasteiger partial charge in [-0.25, -0.2) is 0 Å². The molecule has 1 fully saturated rings. The summed E-state index contributed by atoms with van der Waals surface area (Å²) >= 11 is 0. The molecule has 1 aliphatic rings. The smallest absolute Gasteiger partial charge is 0.133 e. The van der Waals surface area contributed by atoms with Crippen molar-refractivity contribution < 1.29 is 4.79 Å². The minimum absolute atomic E-state index is 0.352. The molecule has 0 aromatic rings. The molecule has 0 N–H and O–H groups in total. The van der Waals surface area contributed by atoms with Crippen LogP contribution in [0.5, 0.6) is 0 Å². The average molecular weight is 168 g/mol. The van der Waals surface area contributed by atoms with Gasteiger partial charge in [0.1, 0.15) is 5.78 Å². The largest absolute Gasteiger partial charge is 0.300 e. The molecule has 1 heteroatoms. The molecule has 70 valence electrons. The van der Waals surface area contributed by atoms with E-state index < -0.39 is 0 Å². The number of carbonyl (C=O) groups excluding carboxylic acids is 1. The lowest BCUT2D eigenvalue weighted by atomic mass is 9.81. The van der Waals surface area contributed by atoms with E-state index >= 15 is 0 Å². The first kappa shape index (κ1) is 9.76. The van der Waals surface area contributed by atoms with Gasteiger partial charge in [-0.15, -0.1) is 0 Å². The molecule has 0 spiro atoms. The number of carbonyl (C=O) groups is 1. The normalized spacial score (nSPS) is 35.9. The summed E-state index contributed by atoms with van der Waals surface area (Å²) in [6.07, 6.45) is 2.50. The van der Waals surface area contributed by atoms with Crippen LogP contribution < -0.4 is 0 Å². The van der Waals surface area contributed by atoms with Gasteiger partial charge < -0.3 is 0 Å². The Morgan fingerprint density at radius 3 is 2.25 bits per heavy atom. The van der Waals surface area contributed by atoms with Crippen molar-refractivity contribution in [2.75, 3.05) is 0 Å². The zero-order valence-corrected chi connectivity index (χ0v) is 8.63. The molecule has 1 aliphatic carbocycles. The van der Waals surface area contributed by atoms with Crippen molar-refractivity contribution in [3.8, 4) is 0 Å². The van der Waals surface area contributed by atoms with Crippen LogP contribution in [0, 0.1) is 23.7 Å². The summed E-state index contributed by atoms with van der Waals surface area (Å²) in [7, 11) is 0. The number of hydrogen-bond donors (Lipinski definition) is 0. The Kier molecular flexibility index (Phi) is 2.92. The lowest BCUT2D eigenvalue weighted by molar-refractivity contribution is -0.123. The van der Waals surface area contributed by atoms with E-state index in [9.17, 15) is 4.79 Å². The predicted molar refractivity (Wildman–Crippen MR) is 50.9 cm³/mol. The van der Waals surface area contributed by atoms with Crippen LogP contribution in [-0.2, 0) is 4.79 Å². The minimum atomic E-state index is 0.352. The standard InChI is InChI=1S/C11H20O/c1-7(2)10-6-5-8(3)11(10)9(4)12/h7-8,10-11H,5-6H2,1-4H3/t8-,10+,11-/m0/s1. The van der Waals surface area contributed by atoms with E-state index in [-0.39, 0.29) is 0 Å². The molecule has 0 saturated heterocycles. The quantitative estimate of drug-likeness (QED) is 0.619. The van der Waals surface area contributed by atoms with Crippen molar-refractivity contribution in [3.63, 3.8) is 0 Å². The second kappa shape index (κ2) is 3.59. The first-order valence-electron chi connectivity index (χ1n) is 5.04. The molecule has 0 aromatic heterocycles. The maximum atomic E-state index is 11.4. The Morgan fingerprint density at radius 1 is 1.33 bits per heavy atom. The van der Waals surface area contributed by atoms with Crippen LogP contribution in [0.4, 0.5) is 0 Å². The van der Waals surface area contributed by atoms with E-state index in [1.807, 2.05) is 0 Å². The van der Waals surface area contributed by atoms with Gasteiger partial charge in [0.15, 0.2) is 0 Å². The van der Waals surface area contributed by atoms with E-state index in [0.717, 1.165) is 0 Å². The summed E-state index contributed by atoms with van der Waals surface area (Å²) in [5, 5.41) is 0. The molecule has 1 rings (SSSR count). The molecule has 0 heterocycles. The average Bonchev–Trinajstić information content (AvgIpc) is 2.30. The van der Waals surface area contributed by atoms with Crippen LogP contribution in [0.1, 0.15) is 40.5 Å². The Labute approximate surface area is 75.5 Å². The van der Waals surface area contributed by atoms with Gasteiger partial charge >= 0.3 is 0 Å². The molecule has 0 aromatic carbocycles. The van der Waals surface area contributed by atoms with Gasteiger partial charge in [-0.3, -0.25) is 4.79 Å². The molecule has 1 saturated carbocycles. The van der Waals surface area contributed by atoms with Gasteiger partial charge in [-0.1, -0.05) is 20.8 Å². The Morgan fingerprint density at radius 2 is 1.92 bits per heavy atom. The molecule has 1 nitrogen and oxygen atoms in total. The van der Waals surface area contributed by atoms with E-state index in [1.54, 1.807) is 6.92 Å². The molecule has 0 amide bonds. The Balaban J connectivity index is 2.70. The van der Waals surface area contributed by atoms with E-state index in [0.29, 0.717) is 29.5 Å². The molecule has 0 aliphatic heterocycles. The van der Waals surface area contributed by atoms with Crippen LogP contribution in [0.25, 0.3) is 0 Å². The highest BCUT2D eigenvalue weighted by Crippen LogP contribution is 2.41. The van der Waals surface area contributed by atoms with Crippen molar-refractivity contribution in [1.29, 1.82) is 0 Å². The van der Waals surface area contributed by atoms with E-state index in [4.69, 9.17) is 0 Å². The van der Waals surface area contributed by atoms with Gasteiger partial charge in [-0.2, -0.15) is 0 Å². The highest BCUT2D eigenvalue weighted by Gasteiger charge is 2.37. The van der Waals surface area contributed by atoms with Crippen LogP contribution in [0.3, 0.4) is 0 Å². The van der Waals surface area contributed by atoms with Gasteiger partial charge in [-0.05, 0) is 37.5 Å². The Hall–Kier alpha value is -0.330. The SMILES string of the molecule is CC(=O)[C@H]1[C@@H](C(C)C)CC[C@@H]1C. The maximum absolute atomic E-state index is 11.4. The first-order valence-corrected chi connectivity index (χ1v) is 5.04. The lowest BCUT2D eigenvalue weighted by Gasteiger charge is -2.23. The lowest BCUT2D eigenvalue weighted by Crippen LogP contribution is -2.24. The molecule has 0 bridgehead atoms. The van der Waals surface area contributed by atoms with E-state index in [2.05, 4.69) is 20.8 Å². The van der Waals surface area contributed by atoms with Gasteiger partial charge in [0.2, 0.25) is 0 Å². The van der Waals surface area contributed by atoms with Crippen LogP contribution in [0.2, 0.25) is 0 Å². The third kappa shape index (κ3) is 1.70. The van der Waals surface area contributed by atoms with Gasteiger partial charge in [0.05, 0.1) is 0 Å². The summed E-state index contributed by atoms with van der Waals surface area (Å²) in [5.41, 5.74) is 0. The number of Topliss-reactive ketones (excluding diaryl/α,β-unsaturated/α-hetero) is 1. The summed E-state index contributed by atoms with van der Waals surface area (Å²) in [6.45, 7) is 8.44. The third-order valence-corrected chi connectivity index (χ3v) is 3.36. The van der Waals surface area contributed by atoms with E-state index in [1.165, 1.54) is 12.8 Å². The summed E-state index contributed by atoms with van der Waals surface area (Å²) in [6, 6.07) is 0. The van der Waals surface area contributed by atoms with Crippen molar-refractivity contribution in [2.24, 2.45) is 23.7 Å². The van der Waals surface area contributed by atoms with Crippen molar-refractivity contribution >= 4 is 5.78 Å². The molecular formula is C11H20O. The number of hydrogen-bond acceptors (Lipinski definition) is 1. The number of rotatable bonds is 2. The minimum Gasteiger partial charge on any atom is -0.300 e. The van der Waals surface area contributed by atoms with Gasteiger partial charge in [0.25, 0.3) is 0 Å². The topological polar surface area (TPSA) is 17.1 Å². The summed E-state index contributed by atoms with van der Waals surface area (Å²) < 4.78 is 0. The zero-order valence-electron chi connectivity index (χ0n) is 8.63. The molecule has 3 atom stereocenters. The Bertz CT molecular complexity index is 172. The fraction of sp³-hybridized carbons (Fsp3) is 0.909. The highest BCUT2D eigenvalue weighted by atomic mass is 16.1. The summed E-state index contributed by atoms with van der Waals surface area (Å²) in [4.78, 5) is 11.4. The second-order valence-corrected chi connectivity index (χ2v) is 4.60. The fourth-order valence-corrected chi connectivity index (χ4v) is 2.69. The number of ketones is 1. The molecule has 12 heavy (non-hydrogen) atoms. The maximum Gasteiger partial charge on any atom is 0.133 e. The fourth-order valence-electron chi connectivity index (χ4n) is 2.69. The first-order chi connectivity index (χ1) is 5.54. The van der Waals surface area contributed by atoms with Crippen molar-refractivity contribution in [3.05, 3.63) is 0 Å². The second-order valence-electron chi connectivity index (χ2n) is 4.60. The van der Waals surface area contributed by atoms with Crippen molar-refractivity contribution in [1.82, 2.24) is 0 Å². The molecule has 0 radical (unpaired) electrons. The molecule has 0 unspecified atom stereocenters. The van der Waals surface area contributed by atoms with Crippen LogP contribution in [0.15, 0.2) is 0 Å². The third-order valence-electron chi connectivity index (χ3n) is 3.36. The molecular weight excluding hydrogens is 148 g/mol. The van der Waals surface area contributed by atoms with Crippen LogP contribution in [-0.4, -0.2) is 5.78 Å². The summed E-state index contributed by atoms with van der Waals surface area (Å²) in [5.74, 6) is 2.69. The van der Waals surface area contributed by atoms with Gasteiger partial charge in [0, 0.05) is 5.92 Å². The highest BCUT2D eigenvalue weighted by molar-refractivity contribution is 5.79. The predicted octanol–water partition coefficient (Wildman–Crippen LogP) is 2.89. The monoisotopic (exact) mass is 168 g/mol.